The average Bonchev–Trinajstić information content (AvgIpc) is 2.71. The minimum Gasteiger partial charge on any atom is -0.476 e. The molecule has 0 saturated carbocycles. The number of nitrogens with one attached hydrogen (secondary N) is 2. The number of aromatic nitrogens is 1. The van der Waals surface area contributed by atoms with Crippen LogP contribution in [0.25, 0.3) is 0 Å². The maximum atomic E-state index is 11.8. The number of anilines is 1. The predicted octanol–water partition coefficient (Wildman–Crippen LogP) is 0.132. The van der Waals surface area contributed by atoms with Crippen LogP contribution in [-0.2, 0) is 4.79 Å². The van der Waals surface area contributed by atoms with Gasteiger partial charge >= 0.3 is 12.0 Å². The topological polar surface area (TPSA) is 112 Å². The number of rotatable bonds is 3. The molecule has 2 rings (SSSR count). The summed E-state index contributed by atoms with van der Waals surface area (Å²) in [6, 6.07) is 1.73. The van der Waals surface area contributed by atoms with E-state index in [0.29, 0.717) is 13.0 Å². The monoisotopic (exact) mass is 278 g/mol. The van der Waals surface area contributed by atoms with Crippen molar-refractivity contribution in [1.29, 1.82) is 0 Å². The first kappa shape index (κ1) is 13.8. The highest BCUT2D eigenvalue weighted by Crippen LogP contribution is 2.13. The summed E-state index contributed by atoms with van der Waals surface area (Å²) in [5, 5.41) is 13.8. The van der Waals surface area contributed by atoms with Crippen molar-refractivity contribution in [3.63, 3.8) is 0 Å². The lowest BCUT2D eigenvalue weighted by Crippen LogP contribution is -2.42. The smallest absolute Gasteiger partial charge is 0.356 e. The Kier molecular flexibility index (Phi) is 3.83. The number of pyridine rings is 1. The van der Waals surface area contributed by atoms with Crippen molar-refractivity contribution in [1.82, 2.24) is 15.2 Å². The number of hydrogen-bond acceptors (Lipinski definition) is 4. The Balaban J connectivity index is 2.02. The molecule has 1 unspecified atom stereocenters. The quantitative estimate of drug-likeness (QED) is 0.727. The van der Waals surface area contributed by atoms with Crippen LogP contribution in [0.5, 0.6) is 0 Å². The Hall–Kier alpha value is -2.64. The third kappa shape index (κ3) is 2.85. The normalized spacial score (nSPS) is 17.9. The summed E-state index contributed by atoms with van der Waals surface area (Å²) < 4.78 is 0. The van der Waals surface area contributed by atoms with Gasteiger partial charge in [0.2, 0.25) is 5.91 Å². The fourth-order valence-corrected chi connectivity index (χ4v) is 1.95. The Labute approximate surface area is 114 Å². The highest BCUT2D eigenvalue weighted by Gasteiger charge is 2.30. The van der Waals surface area contributed by atoms with Crippen molar-refractivity contribution >= 4 is 23.6 Å². The van der Waals surface area contributed by atoms with Crippen LogP contribution in [0.15, 0.2) is 18.3 Å². The number of likely N-dealkylation sites (tertiary alicyclic amines) is 1. The molecule has 3 N–H and O–H groups in total. The largest absolute Gasteiger partial charge is 0.476 e. The van der Waals surface area contributed by atoms with Gasteiger partial charge in [-0.1, -0.05) is 0 Å². The fourth-order valence-electron chi connectivity index (χ4n) is 1.95. The van der Waals surface area contributed by atoms with Crippen molar-refractivity contribution < 1.29 is 19.5 Å². The van der Waals surface area contributed by atoms with Gasteiger partial charge in [-0.05, 0) is 18.6 Å². The van der Waals surface area contributed by atoms with Crippen molar-refractivity contribution in [2.24, 2.45) is 0 Å². The molecule has 8 heteroatoms. The van der Waals surface area contributed by atoms with E-state index in [0.717, 1.165) is 0 Å². The third-order valence-corrected chi connectivity index (χ3v) is 2.99. The van der Waals surface area contributed by atoms with E-state index in [1.54, 1.807) is 7.05 Å². The zero-order valence-corrected chi connectivity index (χ0v) is 10.8. The molecule has 0 aromatic carbocycles. The molecular formula is C12H14N4O4. The van der Waals surface area contributed by atoms with Crippen molar-refractivity contribution in [2.45, 2.75) is 12.5 Å². The predicted molar refractivity (Wildman–Crippen MR) is 69.4 cm³/mol. The minimum atomic E-state index is -1.24. The van der Waals surface area contributed by atoms with Gasteiger partial charge in [-0.2, -0.15) is 0 Å². The standard InChI is InChI=1S/C12H14N4O4/c1-16-6-4-8(10(16)17)15-12(20)14-7-3-2-5-13-9(7)11(18)19/h2-3,5,8H,4,6H2,1H3,(H,18,19)(H2,14,15,20). The van der Waals surface area contributed by atoms with Crippen LogP contribution in [-0.4, -0.2) is 52.5 Å². The van der Waals surface area contributed by atoms with Gasteiger partial charge in [-0.3, -0.25) is 4.79 Å². The van der Waals surface area contributed by atoms with Crippen LogP contribution >= 0.6 is 0 Å². The van der Waals surface area contributed by atoms with E-state index in [1.807, 2.05) is 0 Å². The number of urea groups is 1. The molecule has 0 spiro atoms. The van der Waals surface area contributed by atoms with E-state index in [4.69, 9.17) is 5.11 Å². The van der Waals surface area contributed by atoms with E-state index >= 15 is 0 Å². The molecule has 1 saturated heterocycles. The molecule has 1 aliphatic rings. The van der Waals surface area contributed by atoms with Crippen LogP contribution in [0, 0.1) is 0 Å². The summed E-state index contributed by atoms with van der Waals surface area (Å²) in [6.45, 7) is 0.580. The van der Waals surface area contributed by atoms with Gasteiger partial charge in [0, 0.05) is 19.8 Å². The molecule has 1 aliphatic heterocycles. The zero-order valence-electron chi connectivity index (χ0n) is 10.8. The SMILES string of the molecule is CN1CCC(NC(=O)Nc2cccnc2C(=O)O)C1=O. The van der Waals surface area contributed by atoms with Gasteiger partial charge in [0.1, 0.15) is 6.04 Å². The number of nitrogens with zero attached hydrogens (tertiary/aromatic N) is 2. The summed E-state index contributed by atoms with van der Waals surface area (Å²) in [4.78, 5) is 39.6. The highest BCUT2D eigenvalue weighted by atomic mass is 16.4. The Morgan fingerprint density at radius 1 is 1.50 bits per heavy atom. The molecule has 0 aliphatic carbocycles. The number of likely N-dealkylation sites (N-methyl/N-ethyl adjacent to an activating group) is 1. The summed E-state index contributed by atoms with van der Waals surface area (Å²) in [5.41, 5.74) is -0.172. The number of amides is 3. The first-order valence-electron chi connectivity index (χ1n) is 6.00. The van der Waals surface area contributed by atoms with Crippen LogP contribution in [0.4, 0.5) is 10.5 Å². The first-order chi connectivity index (χ1) is 9.49. The number of carboxylic acid groups (broad SMARTS) is 1. The summed E-state index contributed by atoms with van der Waals surface area (Å²) >= 11 is 0. The highest BCUT2D eigenvalue weighted by molar-refractivity contribution is 5.99. The maximum Gasteiger partial charge on any atom is 0.356 e. The fraction of sp³-hybridized carbons (Fsp3) is 0.333. The van der Waals surface area contributed by atoms with E-state index in [2.05, 4.69) is 15.6 Å². The molecular weight excluding hydrogens is 264 g/mol. The maximum absolute atomic E-state index is 11.8. The molecule has 1 aromatic heterocycles. The van der Waals surface area contributed by atoms with Gasteiger partial charge in [0.25, 0.3) is 0 Å². The Morgan fingerprint density at radius 2 is 2.25 bits per heavy atom. The number of carbonyl (C=O) groups excluding carboxylic acids is 2. The Morgan fingerprint density at radius 3 is 2.85 bits per heavy atom. The second kappa shape index (κ2) is 5.55. The Bertz CT molecular complexity index is 560. The molecule has 0 radical (unpaired) electrons. The van der Waals surface area contributed by atoms with Crippen molar-refractivity contribution in [3.05, 3.63) is 24.0 Å². The molecule has 2 heterocycles. The number of aromatic carboxylic acids is 1. The van der Waals surface area contributed by atoms with Gasteiger partial charge in [0.05, 0.1) is 5.69 Å². The number of carbonyl (C=O) groups is 3. The molecule has 1 aromatic rings. The van der Waals surface area contributed by atoms with E-state index < -0.39 is 18.0 Å². The van der Waals surface area contributed by atoms with Gasteiger partial charge in [0.15, 0.2) is 5.69 Å². The van der Waals surface area contributed by atoms with Crippen LogP contribution in [0.1, 0.15) is 16.9 Å². The lowest BCUT2D eigenvalue weighted by Gasteiger charge is -2.13. The molecule has 0 bridgehead atoms. The number of carboxylic acids is 1. The molecule has 8 nitrogen and oxygen atoms in total. The third-order valence-electron chi connectivity index (χ3n) is 2.99. The number of hydrogen-bond donors (Lipinski definition) is 3. The second-order valence-electron chi connectivity index (χ2n) is 4.40. The molecule has 1 fully saturated rings. The van der Waals surface area contributed by atoms with Crippen molar-refractivity contribution in [2.75, 3.05) is 18.9 Å². The summed E-state index contributed by atoms with van der Waals surface area (Å²) in [7, 11) is 1.66. The minimum absolute atomic E-state index is 0.0799. The molecule has 3 amide bonds. The lowest BCUT2D eigenvalue weighted by molar-refractivity contribution is -0.128. The van der Waals surface area contributed by atoms with Crippen LogP contribution in [0.3, 0.4) is 0 Å². The molecule has 20 heavy (non-hydrogen) atoms. The van der Waals surface area contributed by atoms with Crippen molar-refractivity contribution in [3.8, 4) is 0 Å². The summed E-state index contributed by atoms with van der Waals surface area (Å²) in [6.07, 6.45) is 1.85. The summed E-state index contributed by atoms with van der Waals surface area (Å²) in [5.74, 6) is -1.40. The second-order valence-corrected chi connectivity index (χ2v) is 4.40. The van der Waals surface area contributed by atoms with Gasteiger partial charge < -0.3 is 20.6 Å². The average molecular weight is 278 g/mol. The van der Waals surface area contributed by atoms with E-state index in [9.17, 15) is 14.4 Å². The van der Waals surface area contributed by atoms with Crippen LogP contribution in [0.2, 0.25) is 0 Å². The lowest BCUT2D eigenvalue weighted by atomic mass is 10.2. The molecule has 1 atom stereocenters. The van der Waals surface area contributed by atoms with Gasteiger partial charge in [-0.25, -0.2) is 14.6 Å². The van der Waals surface area contributed by atoms with Crippen LogP contribution < -0.4 is 10.6 Å². The first-order valence-corrected chi connectivity index (χ1v) is 6.00. The van der Waals surface area contributed by atoms with E-state index in [-0.39, 0.29) is 17.3 Å². The van der Waals surface area contributed by atoms with E-state index in [1.165, 1.54) is 23.2 Å². The molecule has 106 valence electrons. The zero-order chi connectivity index (χ0) is 14.7. The van der Waals surface area contributed by atoms with Gasteiger partial charge in [-0.15, -0.1) is 0 Å².